The number of hydrogen-bond acceptors (Lipinski definition) is 3. The van der Waals surface area contributed by atoms with Crippen LogP contribution in [0.25, 0.3) is 0 Å². The summed E-state index contributed by atoms with van der Waals surface area (Å²) < 4.78 is 11.0. The van der Waals surface area contributed by atoms with Crippen LogP contribution in [0.2, 0.25) is 0 Å². The Kier molecular flexibility index (Phi) is 6.02. The third-order valence-corrected chi connectivity index (χ3v) is 3.50. The fourth-order valence-corrected chi connectivity index (χ4v) is 2.34. The molecule has 1 aromatic rings. The molecule has 0 aromatic heterocycles. The average Bonchev–Trinajstić information content (AvgIpc) is 2.52. The highest BCUT2D eigenvalue weighted by Crippen LogP contribution is 2.24. The molecule has 1 amide bonds. The van der Waals surface area contributed by atoms with Gasteiger partial charge in [0.1, 0.15) is 6.61 Å². The Morgan fingerprint density at radius 3 is 2.95 bits per heavy atom. The number of unbranched alkanes of at least 4 members (excludes halogenated alkanes) is 1. The van der Waals surface area contributed by atoms with E-state index in [2.05, 4.69) is 6.92 Å². The molecule has 1 aliphatic rings. The van der Waals surface area contributed by atoms with Crippen molar-refractivity contribution in [1.82, 2.24) is 4.90 Å². The van der Waals surface area contributed by atoms with Crippen molar-refractivity contribution >= 4 is 5.91 Å². The van der Waals surface area contributed by atoms with Crippen LogP contribution in [0.5, 0.6) is 0 Å². The first-order chi connectivity index (χ1) is 9.83. The SMILES string of the molecule is CCCCOCC(=O)N1CCOC[C@@H]1c1ccccc1. The van der Waals surface area contributed by atoms with E-state index >= 15 is 0 Å². The fourth-order valence-electron chi connectivity index (χ4n) is 2.34. The summed E-state index contributed by atoms with van der Waals surface area (Å²) >= 11 is 0. The first-order valence-electron chi connectivity index (χ1n) is 7.33. The van der Waals surface area contributed by atoms with Crippen LogP contribution in [0.3, 0.4) is 0 Å². The zero-order valence-corrected chi connectivity index (χ0v) is 12.1. The van der Waals surface area contributed by atoms with E-state index in [1.54, 1.807) is 0 Å². The maximum absolute atomic E-state index is 12.3. The first kappa shape index (κ1) is 15.0. The molecule has 0 bridgehead atoms. The van der Waals surface area contributed by atoms with Crippen molar-refractivity contribution in [2.45, 2.75) is 25.8 Å². The van der Waals surface area contributed by atoms with Crippen LogP contribution < -0.4 is 0 Å². The molecule has 0 radical (unpaired) electrons. The van der Waals surface area contributed by atoms with Crippen LogP contribution in [0.1, 0.15) is 31.4 Å². The minimum absolute atomic E-state index is 0.00669. The summed E-state index contributed by atoms with van der Waals surface area (Å²) in [6, 6.07) is 10.0. The summed E-state index contributed by atoms with van der Waals surface area (Å²) in [5, 5.41) is 0. The van der Waals surface area contributed by atoms with Crippen LogP contribution in [0.15, 0.2) is 30.3 Å². The third kappa shape index (κ3) is 4.05. The second kappa shape index (κ2) is 8.02. The van der Waals surface area contributed by atoms with Crippen molar-refractivity contribution in [1.29, 1.82) is 0 Å². The molecule has 0 unspecified atom stereocenters. The van der Waals surface area contributed by atoms with E-state index in [9.17, 15) is 4.79 Å². The lowest BCUT2D eigenvalue weighted by molar-refractivity contribution is -0.145. The van der Waals surface area contributed by atoms with Crippen molar-refractivity contribution in [2.75, 3.05) is 33.0 Å². The van der Waals surface area contributed by atoms with Gasteiger partial charge in [-0.2, -0.15) is 0 Å². The van der Waals surface area contributed by atoms with E-state index in [0.29, 0.717) is 26.4 Å². The minimum atomic E-state index is 0.00669. The predicted octanol–water partition coefficient (Wildman–Crippen LogP) is 2.40. The summed E-state index contributed by atoms with van der Waals surface area (Å²) in [5.41, 5.74) is 1.12. The first-order valence-corrected chi connectivity index (χ1v) is 7.33. The molecule has 1 atom stereocenters. The summed E-state index contributed by atoms with van der Waals surface area (Å²) in [6.45, 7) is 4.73. The molecule has 0 N–H and O–H groups in total. The number of benzene rings is 1. The molecule has 1 heterocycles. The molecule has 4 nitrogen and oxygen atoms in total. The summed E-state index contributed by atoms with van der Waals surface area (Å²) in [4.78, 5) is 14.2. The van der Waals surface area contributed by atoms with Gasteiger partial charge >= 0.3 is 0 Å². The van der Waals surface area contributed by atoms with E-state index in [0.717, 1.165) is 18.4 Å². The van der Waals surface area contributed by atoms with E-state index < -0.39 is 0 Å². The monoisotopic (exact) mass is 277 g/mol. The van der Waals surface area contributed by atoms with Crippen LogP contribution >= 0.6 is 0 Å². The van der Waals surface area contributed by atoms with Gasteiger partial charge in [-0.25, -0.2) is 0 Å². The van der Waals surface area contributed by atoms with Gasteiger partial charge in [-0.1, -0.05) is 43.7 Å². The molecule has 0 spiro atoms. The van der Waals surface area contributed by atoms with Gasteiger partial charge in [-0.05, 0) is 12.0 Å². The Morgan fingerprint density at radius 1 is 1.40 bits per heavy atom. The number of rotatable bonds is 6. The zero-order valence-electron chi connectivity index (χ0n) is 12.1. The number of morpholine rings is 1. The van der Waals surface area contributed by atoms with Gasteiger partial charge in [-0.15, -0.1) is 0 Å². The van der Waals surface area contributed by atoms with Crippen molar-refractivity contribution in [2.24, 2.45) is 0 Å². The molecule has 0 saturated carbocycles. The largest absolute Gasteiger partial charge is 0.377 e. The molecule has 2 rings (SSSR count). The van der Waals surface area contributed by atoms with Crippen molar-refractivity contribution in [3.05, 3.63) is 35.9 Å². The number of hydrogen-bond donors (Lipinski definition) is 0. The molecule has 1 fully saturated rings. The van der Waals surface area contributed by atoms with Gasteiger partial charge in [0.25, 0.3) is 0 Å². The van der Waals surface area contributed by atoms with E-state index in [1.165, 1.54) is 0 Å². The van der Waals surface area contributed by atoms with Crippen LogP contribution in [0, 0.1) is 0 Å². The molecule has 20 heavy (non-hydrogen) atoms. The Hall–Kier alpha value is -1.39. The molecule has 1 saturated heterocycles. The number of carbonyl (C=O) groups excluding carboxylic acids is 1. The molecule has 1 aromatic carbocycles. The smallest absolute Gasteiger partial charge is 0.249 e. The summed E-state index contributed by atoms with van der Waals surface area (Å²) in [5.74, 6) is 0.0539. The lowest BCUT2D eigenvalue weighted by atomic mass is 10.1. The molecular formula is C16H23NO3. The minimum Gasteiger partial charge on any atom is -0.377 e. The average molecular weight is 277 g/mol. The maximum Gasteiger partial charge on any atom is 0.249 e. The highest BCUT2D eigenvalue weighted by molar-refractivity contribution is 5.78. The van der Waals surface area contributed by atoms with Crippen molar-refractivity contribution in [3.63, 3.8) is 0 Å². The Morgan fingerprint density at radius 2 is 2.20 bits per heavy atom. The topological polar surface area (TPSA) is 38.8 Å². The van der Waals surface area contributed by atoms with E-state index in [4.69, 9.17) is 9.47 Å². The Bertz CT molecular complexity index is 407. The third-order valence-electron chi connectivity index (χ3n) is 3.50. The van der Waals surface area contributed by atoms with Gasteiger partial charge in [0.2, 0.25) is 5.91 Å². The van der Waals surface area contributed by atoms with Crippen molar-refractivity contribution < 1.29 is 14.3 Å². The van der Waals surface area contributed by atoms with Crippen LogP contribution in [0.4, 0.5) is 0 Å². The highest BCUT2D eigenvalue weighted by atomic mass is 16.5. The number of nitrogens with zero attached hydrogens (tertiary/aromatic N) is 1. The number of carbonyl (C=O) groups is 1. The highest BCUT2D eigenvalue weighted by Gasteiger charge is 2.28. The lowest BCUT2D eigenvalue weighted by Crippen LogP contribution is -2.45. The standard InChI is InChI=1S/C16H23NO3/c1-2-3-10-19-13-16(18)17-9-11-20-12-15(17)14-7-5-4-6-8-14/h4-8,15H,2-3,9-13H2,1H3/t15-/m1/s1. The molecular weight excluding hydrogens is 254 g/mol. The van der Waals surface area contributed by atoms with Crippen LogP contribution in [-0.2, 0) is 14.3 Å². The number of amides is 1. The Balaban J connectivity index is 1.94. The second-order valence-corrected chi connectivity index (χ2v) is 4.99. The molecule has 0 aliphatic carbocycles. The molecule has 1 aliphatic heterocycles. The van der Waals surface area contributed by atoms with E-state index in [-0.39, 0.29) is 18.6 Å². The van der Waals surface area contributed by atoms with Crippen LogP contribution in [-0.4, -0.2) is 43.8 Å². The predicted molar refractivity (Wildman–Crippen MR) is 77.4 cm³/mol. The fraction of sp³-hybridized carbons (Fsp3) is 0.562. The van der Waals surface area contributed by atoms with Gasteiger partial charge in [0.15, 0.2) is 0 Å². The van der Waals surface area contributed by atoms with Gasteiger partial charge in [0.05, 0.1) is 19.3 Å². The number of ether oxygens (including phenoxy) is 2. The van der Waals surface area contributed by atoms with Gasteiger partial charge in [0, 0.05) is 13.2 Å². The van der Waals surface area contributed by atoms with Gasteiger partial charge in [-0.3, -0.25) is 4.79 Å². The summed E-state index contributed by atoms with van der Waals surface area (Å²) in [7, 11) is 0. The van der Waals surface area contributed by atoms with Gasteiger partial charge < -0.3 is 14.4 Å². The van der Waals surface area contributed by atoms with Crippen molar-refractivity contribution in [3.8, 4) is 0 Å². The zero-order chi connectivity index (χ0) is 14.2. The maximum atomic E-state index is 12.3. The molecule has 4 heteroatoms. The lowest BCUT2D eigenvalue weighted by Gasteiger charge is -2.35. The normalized spacial score (nSPS) is 19.1. The molecule has 110 valence electrons. The summed E-state index contributed by atoms with van der Waals surface area (Å²) in [6.07, 6.45) is 2.08. The second-order valence-electron chi connectivity index (χ2n) is 4.99. The Labute approximate surface area is 120 Å². The quantitative estimate of drug-likeness (QED) is 0.750. The van der Waals surface area contributed by atoms with E-state index in [1.807, 2.05) is 35.2 Å².